The molecule has 1 rings (SSSR count). The quantitative estimate of drug-likeness (QED) is 0.604. The van der Waals surface area contributed by atoms with Crippen LogP contribution in [0.25, 0.3) is 0 Å². The zero-order chi connectivity index (χ0) is 10.1. The van der Waals surface area contributed by atoms with Crippen LogP contribution in [-0.2, 0) is 4.79 Å². The lowest BCUT2D eigenvalue weighted by Gasteiger charge is -2.50. The van der Waals surface area contributed by atoms with Crippen LogP contribution >= 0.6 is 0 Å². The average molecular weight is 178 g/mol. The Morgan fingerprint density at radius 1 is 1.31 bits per heavy atom. The van der Waals surface area contributed by atoms with E-state index in [1.807, 2.05) is 26.0 Å². The molecule has 0 atom stereocenters. The smallest absolute Gasteiger partial charge is 0.145 e. The number of Topliss-reactive ketones (excluding diaryl/α,β-unsaturated/α-hetero) is 1. The summed E-state index contributed by atoms with van der Waals surface area (Å²) < 4.78 is 0. The van der Waals surface area contributed by atoms with Crippen molar-refractivity contribution < 1.29 is 4.79 Å². The molecule has 0 aromatic carbocycles. The minimum Gasteiger partial charge on any atom is -0.298 e. The first kappa shape index (κ1) is 10.2. The maximum atomic E-state index is 11.9. The van der Waals surface area contributed by atoms with Crippen LogP contribution in [0.5, 0.6) is 0 Å². The lowest BCUT2D eigenvalue weighted by atomic mass is 9.51. The highest BCUT2D eigenvalue weighted by atomic mass is 16.1. The third kappa shape index (κ3) is 1.48. The second-order valence-corrected chi connectivity index (χ2v) is 4.66. The van der Waals surface area contributed by atoms with E-state index in [4.69, 9.17) is 0 Å². The third-order valence-electron chi connectivity index (χ3n) is 2.95. The van der Waals surface area contributed by atoms with Gasteiger partial charge in [0.2, 0.25) is 0 Å². The fourth-order valence-electron chi connectivity index (χ4n) is 2.58. The van der Waals surface area contributed by atoms with Crippen molar-refractivity contribution in [3.05, 3.63) is 25.3 Å². The number of carbonyl (C=O) groups is 1. The van der Waals surface area contributed by atoms with Crippen molar-refractivity contribution in [2.24, 2.45) is 10.8 Å². The Hall–Kier alpha value is -0.850. The molecule has 0 amide bonds. The Balaban J connectivity index is 2.79. The number of ketones is 1. The first-order chi connectivity index (χ1) is 5.98. The molecule has 0 aromatic rings. The summed E-state index contributed by atoms with van der Waals surface area (Å²) in [6, 6.07) is 0. The topological polar surface area (TPSA) is 17.1 Å². The Bertz CT molecular complexity index is 238. The molecule has 1 aliphatic carbocycles. The van der Waals surface area contributed by atoms with Crippen molar-refractivity contribution in [3.63, 3.8) is 0 Å². The van der Waals surface area contributed by atoms with Crippen molar-refractivity contribution >= 4 is 5.78 Å². The van der Waals surface area contributed by atoms with Crippen LogP contribution in [0.15, 0.2) is 25.3 Å². The molecule has 0 aromatic heterocycles. The summed E-state index contributed by atoms with van der Waals surface area (Å²) in [6.45, 7) is 11.4. The second kappa shape index (κ2) is 3.13. The predicted molar refractivity (Wildman–Crippen MR) is 55.5 cm³/mol. The van der Waals surface area contributed by atoms with Crippen LogP contribution < -0.4 is 0 Å². The van der Waals surface area contributed by atoms with Crippen molar-refractivity contribution in [2.45, 2.75) is 33.1 Å². The summed E-state index contributed by atoms with van der Waals surface area (Å²) in [6.07, 6.45) is 6.24. The molecule has 1 nitrogen and oxygen atoms in total. The lowest BCUT2D eigenvalue weighted by molar-refractivity contribution is -0.154. The average Bonchev–Trinajstić information content (AvgIpc) is 2.04. The minimum absolute atomic E-state index is 0.119. The molecular formula is C12H18O. The van der Waals surface area contributed by atoms with E-state index in [-0.39, 0.29) is 10.8 Å². The van der Waals surface area contributed by atoms with Gasteiger partial charge in [-0.05, 0) is 19.3 Å². The van der Waals surface area contributed by atoms with E-state index in [9.17, 15) is 4.79 Å². The number of hydrogen-bond acceptors (Lipinski definition) is 1. The van der Waals surface area contributed by atoms with Gasteiger partial charge < -0.3 is 0 Å². The van der Waals surface area contributed by atoms with Crippen LogP contribution in [0.1, 0.15) is 33.1 Å². The molecule has 1 aliphatic rings. The SMILES string of the molecule is C=CCC1(CC=C)CC(C)(C)C1=O. The molecule has 0 radical (unpaired) electrons. The molecule has 0 aliphatic heterocycles. The van der Waals surface area contributed by atoms with Crippen molar-refractivity contribution in [3.8, 4) is 0 Å². The van der Waals surface area contributed by atoms with Gasteiger partial charge in [-0.25, -0.2) is 0 Å². The van der Waals surface area contributed by atoms with Gasteiger partial charge in [-0.2, -0.15) is 0 Å². The van der Waals surface area contributed by atoms with E-state index in [2.05, 4.69) is 13.2 Å². The standard InChI is InChI=1S/C12H18O/c1-5-7-12(8-6-2)9-11(3,4)10(12)13/h5-6H,1-2,7-9H2,3-4H3. The molecule has 1 saturated carbocycles. The number of rotatable bonds is 4. The van der Waals surface area contributed by atoms with Gasteiger partial charge in [-0.15, -0.1) is 13.2 Å². The van der Waals surface area contributed by atoms with Crippen LogP contribution in [0.3, 0.4) is 0 Å². The Morgan fingerprint density at radius 2 is 1.77 bits per heavy atom. The zero-order valence-corrected chi connectivity index (χ0v) is 8.60. The molecule has 13 heavy (non-hydrogen) atoms. The fraction of sp³-hybridized carbons (Fsp3) is 0.583. The van der Waals surface area contributed by atoms with Crippen molar-refractivity contribution in [1.82, 2.24) is 0 Å². The molecule has 1 fully saturated rings. The van der Waals surface area contributed by atoms with Crippen LogP contribution in [0, 0.1) is 10.8 Å². The molecule has 0 bridgehead atoms. The van der Waals surface area contributed by atoms with E-state index in [1.54, 1.807) is 0 Å². The summed E-state index contributed by atoms with van der Waals surface area (Å²) in [5.41, 5.74) is -0.279. The third-order valence-corrected chi connectivity index (χ3v) is 2.95. The maximum Gasteiger partial charge on any atom is 0.145 e. The highest BCUT2D eigenvalue weighted by molar-refractivity contribution is 5.96. The van der Waals surface area contributed by atoms with Crippen LogP contribution in [0.4, 0.5) is 0 Å². The Morgan fingerprint density at radius 3 is 2.00 bits per heavy atom. The minimum atomic E-state index is -0.160. The summed E-state index contributed by atoms with van der Waals surface area (Å²) in [4.78, 5) is 11.9. The van der Waals surface area contributed by atoms with E-state index in [0.29, 0.717) is 5.78 Å². The summed E-state index contributed by atoms with van der Waals surface area (Å²) in [5.74, 6) is 0.375. The van der Waals surface area contributed by atoms with Gasteiger partial charge in [0.1, 0.15) is 5.78 Å². The van der Waals surface area contributed by atoms with Gasteiger partial charge in [0.15, 0.2) is 0 Å². The monoisotopic (exact) mass is 178 g/mol. The molecule has 0 N–H and O–H groups in total. The van der Waals surface area contributed by atoms with Gasteiger partial charge >= 0.3 is 0 Å². The van der Waals surface area contributed by atoms with E-state index < -0.39 is 0 Å². The van der Waals surface area contributed by atoms with Gasteiger partial charge in [0, 0.05) is 10.8 Å². The normalized spacial score (nSPS) is 23.4. The van der Waals surface area contributed by atoms with E-state index >= 15 is 0 Å². The lowest BCUT2D eigenvalue weighted by Crippen LogP contribution is -2.53. The molecule has 0 heterocycles. The van der Waals surface area contributed by atoms with Gasteiger partial charge in [-0.3, -0.25) is 4.79 Å². The van der Waals surface area contributed by atoms with E-state index in [1.165, 1.54) is 0 Å². The summed E-state index contributed by atoms with van der Waals surface area (Å²) >= 11 is 0. The van der Waals surface area contributed by atoms with E-state index in [0.717, 1.165) is 19.3 Å². The first-order valence-electron chi connectivity index (χ1n) is 4.75. The Labute approximate surface area is 80.5 Å². The molecule has 0 unspecified atom stereocenters. The molecule has 0 saturated heterocycles. The van der Waals surface area contributed by atoms with Gasteiger partial charge in [0.25, 0.3) is 0 Å². The number of carbonyl (C=O) groups excluding carboxylic acids is 1. The fourth-order valence-corrected chi connectivity index (χ4v) is 2.58. The molecule has 72 valence electrons. The van der Waals surface area contributed by atoms with Crippen molar-refractivity contribution in [1.29, 1.82) is 0 Å². The largest absolute Gasteiger partial charge is 0.298 e. The highest BCUT2D eigenvalue weighted by Crippen LogP contribution is 2.54. The molecule has 0 spiro atoms. The highest BCUT2D eigenvalue weighted by Gasteiger charge is 2.56. The summed E-state index contributed by atoms with van der Waals surface area (Å²) in [5, 5.41) is 0. The van der Waals surface area contributed by atoms with Crippen molar-refractivity contribution in [2.75, 3.05) is 0 Å². The van der Waals surface area contributed by atoms with Crippen LogP contribution in [0.2, 0.25) is 0 Å². The first-order valence-corrected chi connectivity index (χ1v) is 4.75. The second-order valence-electron chi connectivity index (χ2n) is 4.66. The van der Waals surface area contributed by atoms with Gasteiger partial charge in [0.05, 0.1) is 0 Å². The summed E-state index contributed by atoms with van der Waals surface area (Å²) in [7, 11) is 0. The molecule has 1 heteroatoms. The molecular weight excluding hydrogens is 160 g/mol. The number of hydrogen-bond donors (Lipinski definition) is 0. The Kier molecular flexibility index (Phi) is 2.47. The van der Waals surface area contributed by atoms with Gasteiger partial charge in [-0.1, -0.05) is 26.0 Å². The van der Waals surface area contributed by atoms with Crippen LogP contribution in [-0.4, -0.2) is 5.78 Å². The predicted octanol–water partition coefficient (Wildman–Crippen LogP) is 3.12. The maximum absolute atomic E-state index is 11.9. The number of allylic oxidation sites excluding steroid dienone is 2. The zero-order valence-electron chi connectivity index (χ0n) is 8.60.